The van der Waals surface area contributed by atoms with E-state index in [9.17, 15) is 8.78 Å². The Morgan fingerprint density at radius 2 is 1.75 bits per heavy atom. The Bertz CT molecular complexity index is 1090. The summed E-state index contributed by atoms with van der Waals surface area (Å²) in [5.74, 6) is -0.532. The summed E-state index contributed by atoms with van der Waals surface area (Å²) in [4.78, 5) is 9.82. The third-order valence-electron chi connectivity index (χ3n) is 6.88. The number of piperazine rings is 1. The number of benzene rings is 2. The van der Waals surface area contributed by atoms with Gasteiger partial charge in [0.05, 0.1) is 5.70 Å². The molecule has 0 radical (unpaired) electrons. The van der Waals surface area contributed by atoms with Crippen molar-refractivity contribution in [1.29, 1.82) is 0 Å². The highest BCUT2D eigenvalue weighted by Crippen LogP contribution is 2.31. The largest absolute Gasteiger partial charge is 0.369 e. The van der Waals surface area contributed by atoms with Crippen LogP contribution in [0.4, 0.5) is 14.5 Å². The predicted octanol–water partition coefficient (Wildman–Crippen LogP) is 7.49. The van der Waals surface area contributed by atoms with Gasteiger partial charge < -0.3 is 9.62 Å². The second kappa shape index (κ2) is 13.1. The van der Waals surface area contributed by atoms with Crippen LogP contribution in [0.5, 0.6) is 0 Å². The summed E-state index contributed by atoms with van der Waals surface area (Å²) in [6.45, 7) is 19.5. The van der Waals surface area contributed by atoms with Gasteiger partial charge in [-0.05, 0) is 73.7 Å². The standard InChI is InChI=1S/C29H38F2N4S/c1-7-20(3)29(32-6)27(8-2)36-33-24-12-10-23(11-13-24)22(5)35-17-15-34(16-18-35)19-25-26(30)14-9-21(4)28(25)31/h9-14,20,33H,5-8,15-19H2,1-4H3/b29-27-. The first-order valence-electron chi connectivity index (χ1n) is 12.6. The topological polar surface area (TPSA) is 30.9 Å². The monoisotopic (exact) mass is 512 g/mol. The van der Waals surface area contributed by atoms with E-state index in [2.05, 4.69) is 77.8 Å². The first kappa shape index (κ1) is 27.9. The molecule has 36 heavy (non-hydrogen) atoms. The van der Waals surface area contributed by atoms with Gasteiger partial charge in [-0.3, -0.25) is 9.89 Å². The number of aryl methyl sites for hydroxylation is 1. The molecule has 2 aromatic rings. The molecule has 194 valence electrons. The number of halogens is 2. The lowest BCUT2D eigenvalue weighted by Gasteiger charge is -2.37. The van der Waals surface area contributed by atoms with Gasteiger partial charge in [-0.2, -0.15) is 0 Å². The predicted molar refractivity (Wildman–Crippen MR) is 151 cm³/mol. The van der Waals surface area contributed by atoms with Crippen LogP contribution in [0.3, 0.4) is 0 Å². The van der Waals surface area contributed by atoms with Gasteiger partial charge in [-0.1, -0.05) is 45.5 Å². The number of hydrogen-bond acceptors (Lipinski definition) is 5. The van der Waals surface area contributed by atoms with Crippen molar-refractivity contribution in [1.82, 2.24) is 9.80 Å². The Morgan fingerprint density at radius 3 is 2.33 bits per heavy atom. The van der Waals surface area contributed by atoms with Gasteiger partial charge in [0.25, 0.3) is 0 Å². The van der Waals surface area contributed by atoms with Crippen molar-refractivity contribution in [3.8, 4) is 0 Å². The first-order valence-corrected chi connectivity index (χ1v) is 13.4. The lowest BCUT2D eigenvalue weighted by molar-refractivity contribution is 0.166. The van der Waals surface area contributed by atoms with Gasteiger partial charge in [-0.25, -0.2) is 8.78 Å². The molecule has 1 atom stereocenters. The summed E-state index contributed by atoms with van der Waals surface area (Å²) in [5.41, 5.74) is 4.74. The van der Waals surface area contributed by atoms with E-state index >= 15 is 0 Å². The summed E-state index contributed by atoms with van der Waals surface area (Å²) in [7, 11) is 0. The van der Waals surface area contributed by atoms with Crippen molar-refractivity contribution in [2.45, 2.75) is 47.1 Å². The van der Waals surface area contributed by atoms with Gasteiger partial charge in [0, 0.05) is 54.6 Å². The molecule has 4 nitrogen and oxygen atoms in total. The van der Waals surface area contributed by atoms with Crippen LogP contribution >= 0.6 is 11.9 Å². The molecule has 7 heteroatoms. The van der Waals surface area contributed by atoms with E-state index in [-0.39, 0.29) is 12.1 Å². The van der Waals surface area contributed by atoms with Gasteiger partial charge in [-0.15, -0.1) is 0 Å². The van der Waals surface area contributed by atoms with Gasteiger partial charge >= 0.3 is 0 Å². The molecule has 1 fully saturated rings. The van der Waals surface area contributed by atoms with Crippen molar-refractivity contribution < 1.29 is 8.78 Å². The van der Waals surface area contributed by atoms with Crippen molar-refractivity contribution in [3.05, 3.63) is 81.9 Å². The van der Waals surface area contributed by atoms with E-state index in [1.807, 2.05) is 0 Å². The second-order valence-corrected chi connectivity index (χ2v) is 10.2. The zero-order valence-corrected chi connectivity index (χ0v) is 22.7. The smallest absolute Gasteiger partial charge is 0.133 e. The van der Waals surface area contributed by atoms with Crippen molar-refractivity contribution >= 4 is 30.0 Å². The highest BCUT2D eigenvalue weighted by atomic mass is 32.2. The maximum atomic E-state index is 14.4. The Hall–Kier alpha value is -2.64. The molecule has 0 spiro atoms. The van der Waals surface area contributed by atoms with Crippen LogP contribution in [0.2, 0.25) is 0 Å². The van der Waals surface area contributed by atoms with Gasteiger partial charge in [0.2, 0.25) is 0 Å². The maximum absolute atomic E-state index is 14.4. The van der Waals surface area contributed by atoms with Gasteiger partial charge in [0.15, 0.2) is 0 Å². The number of allylic oxidation sites excluding steroid dienone is 2. The molecule has 3 rings (SSSR count). The molecule has 0 aromatic heterocycles. The van der Waals surface area contributed by atoms with E-state index in [0.29, 0.717) is 11.5 Å². The second-order valence-electron chi connectivity index (χ2n) is 9.28. The van der Waals surface area contributed by atoms with Crippen molar-refractivity contribution in [2.24, 2.45) is 10.9 Å². The zero-order chi connectivity index (χ0) is 26.2. The fraction of sp³-hybridized carbons (Fsp3) is 0.414. The molecule has 2 aromatic carbocycles. The molecule has 0 saturated carbocycles. The molecule has 0 aliphatic carbocycles. The van der Waals surface area contributed by atoms with Gasteiger partial charge in [0.1, 0.15) is 11.6 Å². The minimum Gasteiger partial charge on any atom is -0.369 e. The molecule has 1 unspecified atom stereocenters. The third kappa shape index (κ3) is 6.77. The van der Waals surface area contributed by atoms with Crippen LogP contribution in [-0.2, 0) is 6.54 Å². The number of aliphatic imine (C=N–C) groups is 1. The van der Waals surface area contributed by atoms with Crippen LogP contribution in [0.25, 0.3) is 5.70 Å². The number of nitrogens with zero attached hydrogens (tertiary/aromatic N) is 3. The van der Waals surface area contributed by atoms with E-state index < -0.39 is 11.6 Å². The first-order chi connectivity index (χ1) is 17.3. The number of rotatable bonds is 11. The maximum Gasteiger partial charge on any atom is 0.133 e. The minimum absolute atomic E-state index is 0.157. The Labute approximate surface area is 219 Å². The van der Waals surface area contributed by atoms with Crippen LogP contribution < -0.4 is 4.72 Å². The molecular weight excluding hydrogens is 474 g/mol. The number of anilines is 1. The van der Waals surface area contributed by atoms with Crippen LogP contribution in [0.1, 0.15) is 50.3 Å². The van der Waals surface area contributed by atoms with E-state index in [1.54, 1.807) is 18.9 Å². The highest BCUT2D eigenvalue weighted by Gasteiger charge is 2.22. The Morgan fingerprint density at radius 1 is 1.08 bits per heavy atom. The Balaban J connectivity index is 1.56. The highest BCUT2D eigenvalue weighted by molar-refractivity contribution is 8.04. The number of nitrogens with one attached hydrogen (secondary N) is 1. The lowest BCUT2D eigenvalue weighted by Crippen LogP contribution is -2.45. The molecule has 1 aliphatic heterocycles. The van der Waals surface area contributed by atoms with Crippen molar-refractivity contribution in [3.63, 3.8) is 0 Å². The average Bonchev–Trinajstić information content (AvgIpc) is 2.91. The molecule has 0 bridgehead atoms. The average molecular weight is 513 g/mol. The quantitative estimate of drug-likeness (QED) is 0.250. The summed E-state index contributed by atoms with van der Waals surface area (Å²) in [5, 5.41) is 0. The molecule has 1 N–H and O–H groups in total. The summed E-state index contributed by atoms with van der Waals surface area (Å²) < 4.78 is 32.0. The van der Waals surface area contributed by atoms with Crippen LogP contribution in [0.15, 0.2) is 58.6 Å². The van der Waals surface area contributed by atoms with E-state index in [4.69, 9.17) is 0 Å². The van der Waals surface area contributed by atoms with E-state index in [0.717, 1.165) is 61.7 Å². The van der Waals surface area contributed by atoms with Crippen LogP contribution in [-0.4, -0.2) is 42.7 Å². The fourth-order valence-electron chi connectivity index (χ4n) is 4.31. The molecule has 0 amide bonds. The zero-order valence-electron chi connectivity index (χ0n) is 21.9. The summed E-state index contributed by atoms with van der Waals surface area (Å²) >= 11 is 1.60. The molecule has 1 saturated heterocycles. The lowest BCUT2D eigenvalue weighted by atomic mass is 10.0. The van der Waals surface area contributed by atoms with Crippen molar-refractivity contribution in [2.75, 3.05) is 30.9 Å². The van der Waals surface area contributed by atoms with E-state index in [1.165, 1.54) is 17.0 Å². The number of hydrogen-bond donors (Lipinski definition) is 1. The third-order valence-corrected chi connectivity index (χ3v) is 7.96. The summed E-state index contributed by atoms with van der Waals surface area (Å²) in [6, 6.07) is 11.1. The molecule has 1 aliphatic rings. The molecular formula is C29H38F2N4S. The normalized spacial score (nSPS) is 15.9. The minimum atomic E-state index is -0.477. The Kier molecular flexibility index (Phi) is 10.1. The van der Waals surface area contributed by atoms with Crippen LogP contribution in [0, 0.1) is 24.5 Å². The summed E-state index contributed by atoms with van der Waals surface area (Å²) in [6.07, 6.45) is 1.93. The SMILES string of the molecule is C=N/C(=C(/CC)SNc1ccc(C(=C)N2CCN(Cc3c(F)ccc(C)c3F)CC2)cc1)C(C)CC. The molecule has 1 heterocycles. The fourth-order valence-corrected chi connectivity index (χ4v) is 5.20.